The molecule has 0 atom stereocenters. The Morgan fingerprint density at radius 2 is 1.90 bits per heavy atom. The number of rotatable bonds is 6. The maximum atomic E-state index is 12.5. The molecule has 1 amide bonds. The molecule has 0 aliphatic rings. The van der Waals surface area contributed by atoms with Crippen LogP contribution in [-0.2, 0) is 16.9 Å². The minimum atomic E-state index is -3.35. The maximum absolute atomic E-state index is 12.5. The molecule has 29 heavy (non-hydrogen) atoms. The predicted octanol–water partition coefficient (Wildman–Crippen LogP) is 2.53. The van der Waals surface area contributed by atoms with Crippen molar-refractivity contribution in [2.24, 2.45) is 7.05 Å². The normalized spacial score (nSPS) is 11.2. The summed E-state index contributed by atoms with van der Waals surface area (Å²) in [7, 11) is -1.63. The molecule has 10 nitrogen and oxygen atoms in total. The number of nitro benzene ring substituents is 1. The zero-order valence-electron chi connectivity index (χ0n) is 15.3. The van der Waals surface area contributed by atoms with Crippen LogP contribution in [0.25, 0.3) is 0 Å². The number of carbonyl (C=O) groups is 1. The van der Waals surface area contributed by atoms with Gasteiger partial charge in [0.1, 0.15) is 6.33 Å². The quantitative estimate of drug-likeness (QED) is 0.462. The van der Waals surface area contributed by atoms with Gasteiger partial charge in [0.15, 0.2) is 15.0 Å². The first-order valence-corrected chi connectivity index (χ1v) is 10.8. The second-order valence-corrected chi connectivity index (χ2v) is 9.04. The monoisotopic (exact) mass is 433 g/mol. The van der Waals surface area contributed by atoms with Crippen LogP contribution in [0, 0.1) is 10.1 Å². The molecular formula is C17H15N5O5S2. The minimum absolute atomic E-state index is 0.0891. The van der Waals surface area contributed by atoms with Gasteiger partial charge < -0.3 is 9.88 Å². The van der Waals surface area contributed by atoms with E-state index in [-0.39, 0.29) is 16.1 Å². The van der Waals surface area contributed by atoms with Crippen LogP contribution in [0.4, 0.5) is 11.4 Å². The smallest absolute Gasteiger partial charge is 0.284 e. The van der Waals surface area contributed by atoms with Crippen molar-refractivity contribution in [1.29, 1.82) is 0 Å². The number of sulfone groups is 1. The molecule has 3 aromatic rings. The largest absolute Gasteiger partial charge is 0.322 e. The first-order valence-electron chi connectivity index (χ1n) is 8.07. The topological polar surface area (TPSA) is 137 Å². The molecule has 3 rings (SSSR count). The van der Waals surface area contributed by atoms with Gasteiger partial charge in [-0.05, 0) is 48.2 Å². The van der Waals surface area contributed by atoms with Crippen molar-refractivity contribution in [3.8, 4) is 0 Å². The maximum Gasteiger partial charge on any atom is 0.284 e. The van der Waals surface area contributed by atoms with Gasteiger partial charge in [0, 0.05) is 30.6 Å². The summed E-state index contributed by atoms with van der Waals surface area (Å²) in [5.74, 6) is -0.560. The Hall–Kier alpha value is -3.25. The molecule has 1 N–H and O–H groups in total. The molecule has 0 saturated carbocycles. The highest BCUT2D eigenvalue weighted by Crippen LogP contribution is 2.34. The molecular weight excluding hydrogens is 418 g/mol. The van der Waals surface area contributed by atoms with Crippen LogP contribution in [0.15, 0.2) is 63.7 Å². The van der Waals surface area contributed by atoms with Crippen molar-refractivity contribution in [2.45, 2.75) is 14.9 Å². The molecule has 0 spiro atoms. The van der Waals surface area contributed by atoms with E-state index in [2.05, 4.69) is 15.5 Å². The molecule has 0 aliphatic heterocycles. The Morgan fingerprint density at radius 1 is 1.21 bits per heavy atom. The number of nitrogens with one attached hydrogen (secondary N) is 1. The minimum Gasteiger partial charge on any atom is -0.322 e. The Labute approximate surface area is 170 Å². The van der Waals surface area contributed by atoms with E-state index in [1.165, 1.54) is 48.8 Å². The zero-order valence-corrected chi connectivity index (χ0v) is 16.9. The molecule has 0 aliphatic carbocycles. The van der Waals surface area contributed by atoms with Crippen LogP contribution in [0.3, 0.4) is 0 Å². The highest BCUT2D eigenvalue weighted by Gasteiger charge is 2.20. The van der Waals surface area contributed by atoms with E-state index < -0.39 is 20.7 Å². The van der Waals surface area contributed by atoms with E-state index in [0.29, 0.717) is 15.7 Å². The predicted molar refractivity (Wildman–Crippen MR) is 106 cm³/mol. The van der Waals surface area contributed by atoms with Gasteiger partial charge in [-0.1, -0.05) is 0 Å². The lowest BCUT2D eigenvalue weighted by Gasteiger charge is -2.08. The SMILES string of the molecule is Cn1cnnc1Sc1ccc(C(=O)Nc2ccc(S(C)(=O)=O)cc2)cc1[N+](=O)[O-]. The van der Waals surface area contributed by atoms with E-state index in [1.807, 2.05) is 0 Å². The van der Waals surface area contributed by atoms with Crippen LogP contribution in [-0.4, -0.2) is 40.3 Å². The third-order valence-corrected chi connectivity index (χ3v) is 6.08. The average Bonchev–Trinajstić information content (AvgIpc) is 3.06. The van der Waals surface area contributed by atoms with Crippen molar-refractivity contribution in [3.63, 3.8) is 0 Å². The van der Waals surface area contributed by atoms with Crippen molar-refractivity contribution < 1.29 is 18.1 Å². The summed E-state index contributed by atoms with van der Waals surface area (Å²) in [5, 5.41) is 22.1. The first kappa shape index (κ1) is 20.5. The first-order chi connectivity index (χ1) is 13.6. The van der Waals surface area contributed by atoms with Gasteiger partial charge in [0.2, 0.25) is 0 Å². The zero-order chi connectivity index (χ0) is 21.2. The number of aromatic nitrogens is 3. The Kier molecular flexibility index (Phi) is 5.66. The highest BCUT2D eigenvalue weighted by atomic mass is 32.2. The van der Waals surface area contributed by atoms with E-state index in [1.54, 1.807) is 11.6 Å². The number of hydrogen-bond acceptors (Lipinski definition) is 8. The summed E-state index contributed by atoms with van der Waals surface area (Å²) in [5.41, 5.74) is 0.215. The molecule has 0 saturated heterocycles. The second kappa shape index (κ2) is 8.01. The van der Waals surface area contributed by atoms with E-state index >= 15 is 0 Å². The van der Waals surface area contributed by atoms with E-state index in [4.69, 9.17) is 0 Å². The number of aryl methyl sites for hydroxylation is 1. The molecule has 0 radical (unpaired) electrons. The number of nitrogens with zero attached hydrogens (tertiary/aromatic N) is 4. The van der Waals surface area contributed by atoms with Crippen molar-refractivity contribution in [2.75, 3.05) is 11.6 Å². The second-order valence-electron chi connectivity index (χ2n) is 6.02. The van der Waals surface area contributed by atoms with Gasteiger partial charge >= 0.3 is 0 Å². The van der Waals surface area contributed by atoms with E-state index in [0.717, 1.165) is 18.0 Å². The standard InChI is InChI=1S/C17H15N5O5S2/c1-21-10-18-20-17(21)28-15-8-3-11(9-14(15)22(24)25)16(23)19-12-4-6-13(7-5-12)29(2,26)27/h3-10H,1-2H3,(H,19,23). The third-order valence-electron chi connectivity index (χ3n) is 3.83. The van der Waals surface area contributed by atoms with Crippen molar-refractivity contribution in [1.82, 2.24) is 14.8 Å². The van der Waals surface area contributed by atoms with E-state index in [9.17, 15) is 23.3 Å². The third kappa shape index (κ3) is 4.78. The molecule has 12 heteroatoms. The molecule has 150 valence electrons. The van der Waals surface area contributed by atoms with Crippen LogP contribution >= 0.6 is 11.8 Å². The highest BCUT2D eigenvalue weighted by molar-refractivity contribution is 7.99. The summed E-state index contributed by atoms with van der Waals surface area (Å²) in [6, 6.07) is 9.74. The lowest BCUT2D eigenvalue weighted by Crippen LogP contribution is -2.12. The Bertz CT molecular complexity index is 1190. The van der Waals surface area contributed by atoms with Crippen LogP contribution in [0.5, 0.6) is 0 Å². The van der Waals surface area contributed by atoms with Gasteiger partial charge in [-0.25, -0.2) is 8.42 Å². The van der Waals surface area contributed by atoms with Gasteiger partial charge in [-0.15, -0.1) is 10.2 Å². The Morgan fingerprint density at radius 3 is 2.45 bits per heavy atom. The molecule has 0 unspecified atom stereocenters. The average molecular weight is 433 g/mol. The molecule has 0 fully saturated rings. The fraction of sp³-hybridized carbons (Fsp3) is 0.118. The number of anilines is 1. The fourth-order valence-corrected chi connectivity index (χ4v) is 3.82. The lowest BCUT2D eigenvalue weighted by molar-refractivity contribution is -0.387. The van der Waals surface area contributed by atoms with Gasteiger partial charge in [-0.3, -0.25) is 14.9 Å². The van der Waals surface area contributed by atoms with Gasteiger partial charge in [0.25, 0.3) is 11.6 Å². The van der Waals surface area contributed by atoms with Crippen molar-refractivity contribution >= 4 is 38.9 Å². The summed E-state index contributed by atoms with van der Waals surface area (Å²) < 4.78 is 24.6. The van der Waals surface area contributed by atoms with Crippen molar-refractivity contribution in [3.05, 3.63) is 64.5 Å². The van der Waals surface area contributed by atoms with Gasteiger partial charge in [-0.2, -0.15) is 0 Å². The lowest BCUT2D eigenvalue weighted by atomic mass is 10.2. The molecule has 1 heterocycles. The molecule has 2 aromatic carbocycles. The summed E-state index contributed by atoms with van der Waals surface area (Å²) in [6.07, 6.45) is 2.56. The summed E-state index contributed by atoms with van der Waals surface area (Å²) in [6.45, 7) is 0. The van der Waals surface area contributed by atoms with Gasteiger partial charge in [0.05, 0.1) is 14.7 Å². The molecule has 0 bridgehead atoms. The van der Waals surface area contributed by atoms with Crippen LogP contribution in [0.1, 0.15) is 10.4 Å². The fourth-order valence-electron chi connectivity index (χ4n) is 2.34. The van der Waals surface area contributed by atoms with Crippen LogP contribution in [0.2, 0.25) is 0 Å². The summed E-state index contributed by atoms with van der Waals surface area (Å²) in [4.78, 5) is 23.8. The van der Waals surface area contributed by atoms with Crippen LogP contribution < -0.4 is 5.32 Å². The number of amides is 1. The number of hydrogen-bond donors (Lipinski definition) is 1. The number of nitro groups is 1. The summed E-state index contributed by atoms with van der Waals surface area (Å²) >= 11 is 1.06. The Balaban J connectivity index is 1.83. The molecule has 1 aromatic heterocycles. The number of carbonyl (C=O) groups excluding carboxylic acids is 1. The number of benzene rings is 2.